The molecule has 0 amide bonds. The van der Waals surface area contributed by atoms with Crippen LogP contribution in [0.25, 0.3) is 0 Å². The number of hydrazine groups is 1. The average Bonchev–Trinajstić information content (AvgIpc) is 3.18. The van der Waals surface area contributed by atoms with Crippen molar-refractivity contribution in [1.29, 1.82) is 0 Å². The van der Waals surface area contributed by atoms with Crippen LogP contribution in [0.1, 0.15) is 29.3 Å². The molecule has 4 nitrogen and oxygen atoms in total. The predicted octanol–water partition coefficient (Wildman–Crippen LogP) is 1.91. The second kappa shape index (κ2) is 5.38. The minimum absolute atomic E-state index is 0.315. The molecule has 3 rings (SSSR count). The number of rotatable bonds is 5. The third kappa shape index (κ3) is 2.62. The molecular weight excluding hydrogens is 248 g/mol. The van der Waals surface area contributed by atoms with Gasteiger partial charge < -0.3 is 0 Å². The van der Waals surface area contributed by atoms with E-state index in [1.165, 1.54) is 17.7 Å². The van der Waals surface area contributed by atoms with Crippen molar-refractivity contribution in [3.8, 4) is 0 Å². The van der Waals surface area contributed by atoms with E-state index in [9.17, 15) is 0 Å². The van der Waals surface area contributed by atoms with Crippen molar-refractivity contribution >= 4 is 0 Å². The molecule has 4 heteroatoms. The smallest absolute Gasteiger partial charge is 0.0596 e. The van der Waals surface area contributed by atoms with Crippen LogP contribution in [0.15, 0.2) is 36.4 Å². The van der Waals surface area contributed by atoms with Crippen LogP contribution in [-0.4, -0.2) is 15.8 Å². The predicted molar refractivity (Wildman–Crippen MR) is 80.1 cm³/mol. The van der Waals surface area contributed by atoms with Crippen molar-refractivity contribution < 1.29 is 0 Å². The molecule has 0 bridgehead atoms. The lowest BCUT2D eigenvalue weighted by atomic mass is 10.0. The van der Waals surface area contributed by atoms with E-state index in [4.69, 9.17) is 5.84 Å². The molecule has 20 heavy (non-hydrogen) atoms. The Morgan fingerprint density at radius 3 is 2.75 bits per heavy atom. The quantitative estimate of drug-likeness (QED) is 0.644. The molecule has 0 saturated heterocycles. The van der Waals surface area contributed by atoms with Crippen molar-refractivity contribution in [3.05, 3.63) is 53.3 Å². The molecule has 3 N–H and O–H groups in total. The molecule has 1 aliphatic rings. The Morgan fingerprint density at radius 1 is 1.40 bits per heavy atom. The maximum Gasteiger partial charge on any atom is 0.0596 e. The maximum atomic E-state index is 5.78. The summed E-state index contributed by atoms with van der Waals surface area (Å²) in [4.78, 5) is 0. The Morgan fingerprint density at radius 2 is 2.15 bits per heavy atom. The highest BCUT2D eigenvalue weighted by atomic mass is 15.3. The van der Waals surface area contributed by atoms with E-state index in [0.29, 0.717) is 17.9 Å². The van der Waals surface area contributed by atoms with Gasteiger partial charge in [-0.2, -0.15) is 5.10 Å². The molecule has 1 aromatic carbocycles. The van der Waals surface area contributed by atoms with Crippen LogP contribution in [0.5, 0.6) is 0 Å². The summed E-state index contributed by atoms with van der Waals surface area (Å²) < 4.78 is 1.96. The minimum atomic E-state index is 0.315. The van der Waals surface area contributed by atoms with Crippen LogP contribution in [0, 0.1) is 12.8 Å². The number of hydrogen-bond acceptors (Lipinski definition) is 3. The molecule has 1 fully saturated rings. The van der Waals surface area contributed by atoms with Crippen molar-refractivity contribution in [2.24, 2.45) is 18.8 Å². The lowest BCUT2D eigenvalue weighted by Crippen LogP contribution is -2.39. The molecule has 2 aromatic rings. The number of hydrogen-bond donors (Lipinski definition) is 2. The molecule has 0 spiro atoms. The standard InChI is InChI=1S/C16H22N4/c1-11-8-13(20(2)19-11)9-16(18-17)15-10-14(15)12-6-4-3-5-7-12/h3-8,14-16,18H,9-10,17H2,1-2H3. The van der Waals surface area contributed by atoms with E-state index < -0.39 is 0 Å². The summed E-state index contributed by atoms with van der Waals surface area (Å²) >= 11 is 0. The fourth-order valence-corrected chi connectivity index (χ4v) is 3.16. The summed E-state index contributed by atoms with van der Waals surface area (Å²) in [5.41, 5.74) is 6.74. The third-order valence-corrected chi connectivity index (χ3v) is 4.33. The molecule has 3 unspecified atom stereocenters. The average molecular weight is 270 g/mol. The molecule has 1 saturated carbocycles. The molecule has 106 valence electrons. The van der Waals surface area contributed by atoms with Crippen molar-refractivity contribution in [2.75, 3.05) is 0 Å². The van der Waals surface area contributed by atoms with Crippen LogP contribution in [0.4, 0.5) is 0 Å². The van der Waals surface area contributed by atoms with Gasteiger partial charge in [0, 0.05) is 25.2 Å². The molecule has 1 aromatic heterocycles. The Kier molecular flexibility index (Phi) is 3.59. The first-order chi connectivity index (χ1) is 9.69. The SMILES string of the molecule is Cc1cc(CC(NN)C2CC2c2ccccc2)n(C)n1. The number of nitrogens with one attached hydrogen (secondary N) is 1. The van der Waals surface area contributed by atoms with E-state index in [2.05, 4.69) is 46.9 Å². The topological polar surface area (TPSA) is 55.9 Å². The lowest BCUT2D eigenvalue weighted by molar-refractivity contribution is 0.452. The van der Waals surface area contributed by atoms with E-state index >= 15 is 0 Å². The van der Waals surface area contributed by atoms with Crippen LogP contribution in [-0.2, 0) is 13.5 Å². The number of nitrogens with zero attached hydrogens (tertiary/aromatic N) is 2. The molecular formula is C16H22N4. The van der Waals surface area contributed by atoms with Crippen molar-refractivity contribution in [1.82, 2.24) is 15.2 Å². The van der Waals surface area contributed by atoms with Crippen molar-refractivity contribution in [3.63, 3.8) is 0 Å². The van der Waals surface area contributed by atoms with Gasteiger partial charge in [-0.25, -0.2) is 0 Å². The maximum absolute atomic E-state index is 5.78. The second-order valence-corrected chi connectivity index (χ2v) is 5.79. The minimum Gasteiger partial charge on any atom is -0.272 e. The Balaban J connectivity index is 1.68. The van der Waals surface area contributed by atoms with Gasteiger partial charge in [-0.1, -0.05) is 30.3 Å². The van der Waals surface area contributed by atoms with Crippen LogP contribution < -0.4 is 11.3 Å². The first kappa shape index (κ1) is 13.3. The van der Waals surface area contributed by atoms with Crippen LogP contribution >= 0.6 is 0 Å². The zero-order valence-electron chi connectivity index (χ0n) is 12.1. The van der Waals surface area contributed by atoms with Gasteiger partial charge in [-0.15, -0.1) is 0 Å². The number of aromatic nitrogens is 2. The highest BCUT2D eigenvalue weighted by molar-refractivity contribution is 5.27. The van der Waals surface area contributed by atoms with Gasteiger partial charge in [0.15, 0.2) is 0 Å². The van der Waals surface area contributed by atoms with E-state index in [-0.39, 0.29) is 0 Å². The monoisotopic (exact) mass is 270 g/mol. The zero-order chi connectivity index (χ0) is 14.1. The van der Waals surface area contributed by atoms with E-state index in [1.54, 1.807) is 0 Å². The Hall–Kier alpha value is -1.65. The van der Waals surface area contributed by atoms with Gasteiger partial charge in [0.1, 0.15) is 0 Å². The summed E-state index contributed by atoms with van der Waals surface area (Å²) in [6, 6.07) is 13.2. The largest absolute Gasteiger partial charge is 0.272 e. The molecule has 0 radical (unpaired) electrons. The van der Waals surface area contributed by atoms with Crippen LogP contribution in [0.3, 0.4) is 0 Å². The fraction of sp³-hybridized carbons (Fsp3) is 0.438. The third-order valence-electron chi connectivity index (χ3n) is 4.33. The van der Waals surface area contributed by atoms with Gasteiger partial charge in [-0.05, 0) is 36.8 Å². The molecule has 1 aliphatic carbocycles. The Bertz CT molecular complexity index is 575. The fourth-order valence-electron chi connectivity index (χ4n) is 3.16. The van der Waals surface area contributed by atoms with Crippen LogP contribution in [0.2, 0.25) is 0 Å². The highest BCUT2D eigenvalue weighted by Crippen LogP contribution is 2.49. The van der Waals surface area contributed by atoms with E-state index in [1.807, 2.05) is 18.7 Å². The Labute approximate surface area is 120 Å². The number of aryl methyl sites for hydroxylation is 2. The number of benzene rings is 1. The molecule has 3 atom stereocenters. The summed E-state index contributed by atoms with van der Waals surface area (Å²) in [7, 11) is 2.00. The number of nitrogens with two attached hydrogens (primary N) is 1. The summed E-state index contributed by atoms with van der Waals surface area (Å²) in [6.45, 7) is 2.03. The first-order valence-corrected chi connectivity index (χ1v) is 7.19. The van der Waals surface area contributed by atoms with Gasteiger partial charge in [0.25, 0.3) is 0 Å². The molecule has 1 heterocycles. The second-order valence-electron chi connectivity index (χ2n) is 5.79. The zero-order valence-corrected chi connectivity index (χ0v) is 12.1. The summed E-state index contributed by atoms with van der Waals surface area (Å²) in [5, 5.41) is 4.40. The van der Waals surface area contributed by atoms with Gasteiger partial charge in [0.05, 0.1) is 5.69 Å². The highest BCUT2D eigenvalue weighted by Gasteiger charge is 2.43. The lowest BCUT2D eigenvalue weighted by Gasteiger charge is -2.16. The normalized spacial score (nSPS) is 22.8. The van der Waals surface area contributed by atoms with Crippen molar-refractivity contribution in [2.45, 2.75) is 31.7 Å². The van der Waals surface area contributed by atoms with E-state index in [0.717, 1.165) is 12.1 Å². The molecule has 0 aliphatic heterocycles. The summed E-state index contributed by atoms with van der Waals surface area (Å²) in [5.74, 6) is 7.05. The van der Waals surface area contributed by atoms with Gasteiger partial charge >= 0.3 is 0 Å². The van der Waals surface area contributed by atoms with Gasteiger partial charge in [-0.3, -0.25) is 16.0 Å². The van der Waals surface area contributed by atoms with Gasteiger partial charge in [0.2, 0.25) is 0 Å². The first-order valence-electron chi connectivity index (χ1n) is 7.19. The summed E-state index contributed by atoms with van der Waals surface area (Å²) in [6.07, 6.45) is 2.15.